The molecule has 28 heavy (non-hydrogen) atoms. The summed E-state index contributed by atoms with van der Waals surface area (Å²) in [5.41, 5.74) is 9.78. The van der Waals surface area contributed by atoms with Crippen molar-refractivity contribution in [3.8, 4) is 17.0 Å². The average Bonchev–Trinajstić information content (AvgIpc) is 3.02. The largest absolute Gasteiger partial charge is 0.488 e. The van der Waals surface area contributed by atoms with Crippen molar-refractivity contribution in [1.29, 1.82) is 0 Å². The highest BCUT2D eigenvalue weighted by atomic mass is 32.1. The minimum Gasteiger partial charge on any atom is -0.488 e. The van der Waals surface area contributed by atoms with Gasteiger partial charge in [0, 0.05) is 10.9 Å². The summed E-state index contributed by atoms with van der Waals surface area (Å²) in [6.07, 6.45) is 1.78. The summed E-state index contributed by atoms with van der Waals surface area (Å²) in [4.78, 5) is 4.69. The molecular formula is C23H27N3OS. The van der Waals surface area contributed by atoms with Crippen LogP contribution in [0.2, 0.25) is 0 Å². The normalized spacial score (nSPS) is 11.8. The van der Waals surface area contributed by atoms with Crippen LogP contribution in [0.3, 0.4) is 0 Å². The third-order valence-electron chi connectivity index (χ3n) is 4.12. The molecule has 0 saturated carbocycles. The van der Waals surface area contributed by atoms with Gasteiger partial charge in [-0.25, -0.2) is 4.98 Å². The van der Waals surface area contributed by atoms with Gasteiger partial charge in [0.25, 0.3) is 0 Å². The fourth-order valence-corrected chi connectivity index (χ4v) is 3.81. The van der Waals surface area contributed by atoms with Crippen LogP contribution in [-0.2, 0) is 0 Å². The molecule has 0 aliphatic carbocycles. The molecule has 3 aromatic rings. The van der Waals surface area contributed by atoms with E-state index in [1.54, 1.807) is 17.6 Å². The second-order valence-electron chi connectivity index (χ2n) is 7.97. The highest BCUT2D eigenvalue weighted by Gasteiger charge is 2.12. The van der Waals surface area contributed by atoms with E-state index in [-0.39, 0.29) is 5.60 Å². The van der Waals surface area contributed by atoms with Gasteiger partial charge < -0.3 is 4.74 Å². The third kappa shape index (κ3) is 5.20. The summed E-state index contributed by atoms with van der Waals surface area (Å²) in [5, 5.41) is 7.16. The summed E-state index contributed by atoms with van der Waals surface area (Å²) >= 11 is 1.55. The van der Waals surface area contributed by atoms with E-state index in [0.29, 0.717) is 0 Å². The van der Waals surface area contributed by atoms with Crippen LogP contribution in [-0.4, -0.2) is 16.8 Å². The summed E-state index contributed by atoms with van der Waals surface area (Å²) in [7, 11) is 0. The molecule has 4 nitrogen and oxygen atoms in total. The van der Waals surface area contributed by atoms with Crippen molar-refractivity contribution in [2.45, 2.75) is 47.1 Å². The van der Waals surface area contributed by atoms with Crippen molar-refractivity contribution in [2.75, 3.05) is 5.43 Å². The standard InChI is InChI=1S/C23H27N3OS/c1-15-11-16(2)21(17(3)12-15)20-14-28-22(25-20)26-24-13-18-7-9-19(10-8-18)27-23(4,5)6/h7-14H,1-6H3,(H,25,26)/b24-13-. The summed E-state index contributed by atoms with van der Waals surface area (Å²) in [6.45, 7) is 12.5. The highest BCUT2D eigenvalue weighted by molar-refractivity contribution is 7.14. The Labute approximate surface area is 171 Å². The minimum atomic E-state index is -0.201. The van der Waals surface area contributed by atoms with Gasteiger partial charge in [0.1, 0.15) is 11.4 Å². The van der Waals surface area contributed by atoms with Crippen LogP contribution in [0.4, 0.5) is 5.13 Å². The number of hydrogen-bond donors (Lipinski definition) is 1. The summed E-state index contributed by atoms with van der Waals surface area (Å²) in [6, 6.07) is 12.3. The maximum Gasteiger partial charge on any atom is 0.203 e. The number of hydrogen-bond acceptors (Lipinski definition) is 5. The van der Waals surface area contributed by atoms with Crippen molar-refractivity contribution < 1.29 is 4.74 Å². The van der Waals surface area contributed by atoms with Crippen LogP contribution in [0.25, 0.3) is 11.3 Å². The SMILES string of the molecule is Cc1cc(C)c(-c2csc(N/N=C\c3ccc(OC(C)(C)C)cc3)n2)c(C)c1. The molecule has 0 atom stereocenters. The Morgan fingerprint density at radius 1 is 1.04 bits per heavy atom. The van der Waals surface area contributed by atoms with E-state index < -0.39 is 0 Å². The lowest BCUT2D eigenvalue weighted by molar-refractivity contribution is 0.131. The molecule has 1 N–H and O–H groups in total. The van der Waals surface area contributed by atoms with Gasteiger partial charge in [0.05, 0.1) is 11.9 Å². The zero-order valence-corrected chi connectivity index (χ0v) is 18.1. The Morgan fingerprint density at radius 2 is 1.68 bits per heavy atom. The van der Waals surface area contributed by atoms with Gasteiger partial charge in [-0.2, -0.15) is 5.10 Å². The first-order chi connectivity index (χ1) is 13.2. The van der Waals surface area contributed by atoms with Crippen molar-refractivity contribution in [3.05, 3.63) is 64.0 Å². The molecule has 0 fully saturated rings. The molecule has 3 rings (SSSR count). The second kappa shape index (κ2) is 8.15. The number of benzene rings is 2. The van der Waals surface area contributed by atoms with Crippen molar-refractivity contribution in [2.24, 2.45) is 5.10 Å². The Balaban J connectivity index is 1.66. The molecule has 0 bridgehead atoms. The maximum atomic E-state index is 5.83. The highest BCUT2D eigenvalue weighted by Crippen LogP contribution is 2.31. The lowest BCUT2D eigenvalue weighted by Gasteiger charge is -2.21. The fourth-order valence-electron chi connectivity index (χ4n) is 3.16. The molecule has 5 heteroatoms. The number of rotatable bonds is 5. The van der Waals surface area contributed by atoms with E-state index in [1.807, 2.05) is 45.0 Å². The third-order valence-corrected chi connectivity index (χ3v) is 4.86. The fraction of sp³-hybridized carbons (Fsp3) is 0.304. The molecule has 0 aliphatic heterocycles. The van der Waals surface area contributed by atoms with Crippen LogP contribution in [0.1, 0.15) is 43.0 Å². The second-order valence-corrected chi connectivity index (χ2v) is 8.82. The smallest absolute Gasteiger partial charge is 0.203 e. The number of ether oxygens (including phenoxy) is 1. The molecule has 1 aromatic heterocycles. The topological polar surface area (TPSA) is 46.5 Å². The van der Waals surface area contributed by atoms with Gasteiger partial charge in [-0.1, -0.05) is 17.7 Å². The lowest BCUT2D eigenvalue weighted by atomic mass is 9.98. The monoisotopic (exact) mass is 393 g/mol. The van der Waals surface area contributed by atoms with Crippen molar-refractivity contribution in [3.63, 3.8) is 0 Å². The first-order valence-electron chi connectivity index (χ1n) is 9.33. The van der Waals surface area contributed by atoms with Crippen LogP contribution in [0.5, 0.6) is 5.75 Å². The molecule has 146 valence electrons. The first-order valence-corrected chi connectivity index (χ1v) is 10.2. The maximum absolute atomic E-state index is 5.83. The molecule has 2 aromatic carbocycles. The van der Waals surface area contributed by atoms with Crippen LogP contribution < -0.4 is 10.2 Å². The molecular weight excluding hydrogens is 366 g/mol. The lowest BCUT2D eigenvalue weighted by Crippen LogP contribution is -2.22. The minimum absolute atomic E-state index is 0.201. The van der Waals surface area contributed by atoms with Crippen LogP contribution >= 0.6 is 11.3 Å². The summed E-state index contributed by atoms with van der Waals surface area (Å²) < 4.78 is 5.83. The quantitative estimate of drug-likeness (QED) is 0.405. The van der Waals surface area contributed by atoms with Crippen molar-refractivity contribution >= 4 is 22.7 Å². The Morgan fingerprint density at radius 3 is 2.29 bits per heavy atom. The summed E-state index contributed by atoms with van der Waals surface area (Å²) in [5.74, 6) is 0.853. The molecule has 1 heterocycles. The molecule has 0 amide bonds. The predicted molar refractivity (Wildman–Crippen MR) is 120 cm³/mol. The van der Waals surface area contributed by atoms with Gasteiger partial charge >= 0.3 is 0 Å². The Bertz CT molecular complexity index is 959. The van der Waals surface area contributed by atoms with Gasteiger partial charge in [0.2, 0.25) is 5.13 Å². The number of anilines is 1. The Kier molecular flexibility index (Phi) is 5.84. The van der Waals surface area contributed by atoms with E-state index in [0.717, 1.165) is 22.1 Å². The van der Waals surface area contributed by atoms with Gasteiger partial charge in [0.15, 0.2) is 0 Å². The average molecular weight is 394 g/mol. The molecule has 0 spiro atoms. The number of hydrazone groups is 1. The number of thiazole rings is 1. The number of nitrogens with one attached hydrogen (secondary N) is 1. The molecule has 0 saturated heterocycles. The number of aromatic nitrogens is 1. The zero-order chi connectivity index (χ0) is 20.3. The van der Waals surface area contributed by atoms with Gasteiger partial charge in [-0.3, -0.25) is 5.43 Å². The van der Waals surface area contributed by atoms with E-state index in [1.165, 1.54) is 22.3 Å². The van der Waals surface area contributed by atoms with E-state index in [4.69, 9.17) is 9.72 Å². The van der Waals surface area contributed by atoms with Crippen molar-refractivity contribution in [1.82, 2.24) is 4.98 Å². The molecule has 0 aliphatic rings. The van der Waals surface area contributed by atoms with Crippen LogP contribution in [0, 0.1) is 20.8 Å². The molecule has 0 unspecified atom stereocenters. The predicted octanol–water partition coefficient (Wildman–Crippen LogP) is 6.36. The zero-order valence-electron chi connectivity index (χ0n) is 17.3. The number of aryl methyl sites for hydroxylation is 3. The van der Waals surface area contributed by atoms with E-state index in [2.05, 4.69) is 48.8 Å². The van der Waals surface area contributed by atoms with Crippen LogP contribution in [0.15, 0.2) is 46.9 Å². The number of nitrogens with zero attached hydrogens (tertiary/aromatic N) is 2. The van der Waals surface area contributed by atoms with Gasteiger partial charge in [-0.15, -0.1) is 11.3 Å². The van der Waals surface area contributed by atoms with E-state index in [9.17, 15) is 0 Å². The first kappa shape index (κ1) is 20.1. The van der Waals surface area contributed by atoms with E-state index >= 15 is 0 Å². The Hall–Kier alpha value is -2.66. The van der Waals surface area contributed by atoms with Gasteiger partial charge in [-0.05, 0) is 82.5 Å². The molecule has 0 radical (unpaired) electrons.